The second kappa shape index (κ2) is 7.50. The van der Waals surface area contributed by atoms with Crippen LogP contribution in [0.2, 0.25) is 0 Å². The number of hydrogen-bond donors (Lipinski definition) is 1. The number of carbonyl (C=O) groups excluding carboxylic acids is 1. The first-order valence-corrected chi connectivity index (χ1v) is 8.78. The zero-order valence-electron chi connectivity index (χ0n) is 14.9. The van der Waals surface area contributed by atoms with Crippen LogP contribution in [0.3, 0.4) is 0 Å². The molecule has 1 aliphatic rings. The second-order valence-corrected chi connectivity index (χ2v) is 6.29. The van der Waals surface area contributed by atoms with E-state index in [2.05, 4.69) is 16.2 Å². The third-order valence-corrected chi connectivity index (χ3v) is 4.58. The van der Waals surface area contributed by atoms with Gasteiger partial charge in [0.05, 0.1) is 42.2 Å². The molecule has 28 heavy (non-hydrogen) atoms. The minimum atomic E-state index is -0.0923. The molecular formula is C20H17N5O3. The Kier molecular flexibility index (Phi) is 4.74. The molecule has 140 valence electrons. The topological polar surface area (TPSA) is 104 Å². The van der Waals surface area contributed by atoms with E-state index in [1.165, 1.54) is 17.1 Å². The summed E-state index contributed by atoms with van der Waals surface area (Å²) in [6.45, 7) is 2.20. The van der Waals surface area contributed by atoms with Crippen LogP contribution < -0.4 is 0 Å². The molecule has 3 heterocycles. The van der Waals surface area contributed by atoms with Crippen molar-refractivity contribution in [2.45, 2.75) is 0 Å². The SMILES string of the molecule is N#Cc1ccc(-c2cnn(-c3ccc(C(=O)N4CCOCC4)cn3)c2O)cc1. The van der Waals surface area contributed by atoms with E-state index in [9.17, 15) is 9.90 Å². The molecule has 1 saturated heterocycles. The molecule has 1 amide bonds. The van der Waals surface area contributed by atoms with E-state index in [0.29, 0.717) is 48.8 Å². The third kappa shape index (κ3) is 3.31. The van der Waals surface area contributed by atoms with Crippen LogP contribution in [-0.2, 0) is 4.74 Å². The zero-order chi connectivity index (χ0) is 19.5. The van der Waals surface area contributed by atoms with Gasteiger partial charge >= 0.3 is 0 Å². The number of carbonyl (C=O) groups is 1. The minimum Gasteiger partial charge on any atom is -0.493 e. The molecule has 8 nitrogen and oxygen atoms in total. The molecule has 0 unspecified atom stereocenters. The number of hydrogen-bond acceptors (Lipinski definition) is 6. The summed E-state index contributed by atoms with van der Waals surface area (Å²) in [5.74, 6) is 0.241. The highest BCUT2D eigenvalue weighted by Crippen LogP contribution is 2.30. The van der Waals surface area contributed by atoms with Crippen LogP contribution in [0.1, 0.15) is 15.9 Å². The average molecular weight is 375 g/mol. The Morgan fingerprint density at radius 2 is 1.86 bits per heavy atom. The number of aromatic hydroxyl groups is 1. The number of ether oxygens (including phenoxy) is 1. The Labute approximate surface area is 161 Å². The largest absolute Gasteiger partial charge is 0.493 e. The van der Waals surface area contributed by atoms with E-state index < -0.39 is 0 Å². The number of rotatable bonds is 3. The average Bonchev–Trinajstić information content (AvgIpc) is 3.15. The van der Waals surface area contributed by atoms with Gasteiger partial charge in [0, 0.05) is 19.3 Å². The van der Waals surface area contributed by atoms with Gasteiger partial charge in [-0.2, -0.15) is 15.0 Å². The van der Waals surface area contributed by atoms with Crippen LogP contribution in [-0.4, -0.2) is 57.0 Å². The van der Waals surface area contributed by atoms with Crippen LogP contribution in [0.5, 0.6) is 5.88 Å². The number of pyridine rings is 1. The molecule has 0 aliphatic carbocycles. The highest BCUT2D eigenvalue weighted by molar-refractivity contribution is 5.94. The Morgan fingerprint density at radius 3 is 2.50 bits per heavy atom. The summed E-state index contributed by atoms with van der Waals surface area (Å²) in [5.41, 5.74) is 2.28. The van der Waals surface area contributed by atoms with Crippen molar-refractivity contribution in [2.75, 3.05) is 26.3 Å². The fourth-order valence-electron chi connectivity index (χ4n) is 3.02. The summed E-state index contributed by atoms with van der Waals surface area (Å²) in [6.07, 6.45) is 3.01. The van der Waals surface area contributed by atoms with Crippen molar-refractivity contribution >= 4 is 5.91 Å². The van der Waals surface area contributed by atoms with Crippen LogP contribution in [0, 0.1) is 11.3 Å². The predicted molar refractivity (Wildman–Crippen MR) is 99.9 cm³/mol. The predicted octanol–water partition coefficient (Wildman–Crippen LogP) is 1.98. The van der Waals surface area contributed by atoms with Crippen molar-refractivity contribution < 1.29 is 14.6 Å². The van der Waals surface area contributed by atoms with Gasteiger partial charge in [-0.1, -0.05) is 12.1 Å². The van der Waals surface area contributed by atoms with Crippen molar-refractivity contribution in [3.05, 3.63) is 59.9 Å². The van der Waals surface area contributed by atoms with Gasteiger partial charge in [0.25, 0.3) is 5.91 Å². The van der Waals surface area contributed by atoms with Crippen molar-refractivity contribution in [3.63, 3.8) is 0 Å². The number of benzene rings is 1. The monoisotopic (exact) mass is 375 g/mol. The summed E-state index contributed by atoms with van der Waals surface area (Å²) >= 11 is 0. The molecule has 0 spiro atoms. The number of aromatic nitrogens is 3. The van der Waals surface area contributed by atoms with Crippen LogP contribution >= 0.6 is 0 Å². The van der Waals surface area contributed by atoms with E-state index >= 15 is 0 Å². The second-order valence-electron chi connectivity index (χ2n) is 6.29. The van der Waals surface area contributed by atoms with Gasteiger partial charge in [0.2, 0.25) is 5.88 Å². The first-order chi connectivity index (χ1) is 13.7. The lowest BCUT2D eigenvalue weighted by Crippen LogP contribution is -2.40. The normalized spacial score (nSPS) is 13.9. The maximum Gasteiger partial charge on any atom is 0.255 e. The van der Waals surface area contributed by atoms with E-state index in [1.54, 1.807) is 41.3 Å². The summed E-state index contributed by atoms with van der Waals surface area (Å²) in [6, 6.07) is 12.2. The molecule has 1 aliphatic heterocycles. The van der Waals surface area contributed by atoms with Gasteiger partial charge in [-0.15, -0.1) is 0 Å². The first kappa shape index (κ1) is 17.7. The molecular weight excluding hydrogens is 358 g/mol. The van der Waals surface area contributed by atoms with E-state index in [4.69, 9.17) is 10.00 Å². The molecule has 2 aromatic heterocycles. The van der Waals surface area contributed by atoms with Gasteiger partial charge < -0.3 is 14.7 Å². The van der Waals surface area contributed by atoms with Crippen molar-refractivity contribution in [3.8, 4) is 28.9 Å². The highest BCUT2D eigenvalue weighted by atomic mass is 16.5. The quantitative estimate of drug-likeness (QED) is 0.751. The molecule has 0 atom stereocenters. The number of nitriles is 1. The number of morpholine rings is 1. The fourth-order valence-corrected chi connectivity index (χ4v) is 3.02. The standard InChI is InChI=1S/C20H17N5O3/c21-11-14-1-3-15(4-2-14)17-13-23-25(20(17)27)18-6-5-16(12-22-18)19(26)24-7-9-28-10-8-24/h1-6,12-13,27H,7-10H2. The fraction of sp³-hybridized carbons (Fsp3) is 0.200. The Bertz CT molecular complexity index is 1030. The lowest BCUT2D eigenvalue weighted by molar-refractivity contribution is 0.0302. The van der Waals surface area contributed by atoms with Crippen LogP contribution in [0.4, 0.5) is 0 Å². The lowest BCUT2D eigenvalue weighted by atomic mass is 10.1. The maximum absolute atomic E-state index is 12.5. The zero-order valence-corrected chi connectivity index (χ0v) is 14.9. The number of amides is 1. The molecule has 0 saturated carbocycles. The molecule has 4 rings (SSSR count). The van der Waals surface area contributed by atoms with Crippen LogP contribution in [0.25, 0.3) is 16.9 Å². The summed E-state index contributed by atoms with van der Waals surface area (Å²) in [7, 11) is 0. The highest BCUT2D eigenvalue weighted by Gasteiger charge is 2.19. The Hall–Kier alpha value is -3.70. The molecule has 1 fully saturated rings. The Balaban J connectivity index is 1.57. The van der Waals surface area contributed by atoms with E-state index in [-0.39, 0.29) is 11.8 Å². The van der Waals surface area contributed by atoms with Crippen molar-refractivity contribution in [2.24, 2.45) is 0 Å². The van der Waals surface area contributed by atoms with Gasteiger partial charge in [-0.25, -0.2) is 4.98 Å². The minimum absolute atomic E-state index is 0.0653. The van der Waals surface area contributed by atoms with E-state index in [0.717, 1.165) is 5.56 Å². The van der Waals surface area contributed by atoms with Gasteiger partial charge in [0.1, 0.15) is 0 Å². The lowest BCUT2D eigenvalue weighted by Gasteiger charge is -2.26. The van der Waals surface area contributed by atoms with Gasteiger partial charge in [-0.3, -0.25) is 4.79 Å². The van der Waals surface area contributed by atoms with Crippen molar-refractivity contribution in [1.82, 2.24) is 19.7 Å². The molecule has 8 heteroatoms. The third-order valence-electron chi connectivity index (χ3n) is 4.58. The molecule has 0 bridgehead atoms. The number of nitrogens with zero attached hydrogens (tertiary/aromatic N) is 5. The maximum atomic E-state index is 12.5. The smallest absolute Gasteiger partial charge is 0.255 e. The van der Waals surface area contributed by atoms with Crippen molar-refractivity contribution in [1.29, 1.82) is 5.26 Å². The van der Waals surface area contributed by atoms with Gasteiger partial charge in [0.15, 0.2) is 5.82 Å². The molecule has 3 aromatic rings. The summed E-state index contributed by atoms with van der Waals surface area (Å²) in [4.78, 5) is 18.5. The Morgan fingerprint density at radius 1 is 1.11 bits per heavy atom. The summed E-state index contributed by atoms with van der Waals surface area (Å²) < 4.78 is 6.56. The molecule has 1 N–H and O–H groups in total. The van der Waals surface area contributed by atoms with Gasteiger partial charge in [-0.05, 0) is 29.8 Å². The summed E-state index contributed by atoms with van der Waals surface area (Å²) in [5, 5.41) is 23.6. The first-order valence-electron chi connectivity index (χ1n) is 8.78. The van der Waals surface area contributed by atoms with Crippen LogP contribution in [0.15, 0.2) is 48.8 Å². The molecule has 0 radical (unpaired) electrons. The van der Waals surface area contributed by atoms with E-state index in [1.807, 2.05) is 0 Å². The molecule has 1 aromatic carbocycles.